The summed E-state index contributed by atoms with van der Waals surface area (Å²) in [7, 11) is 0. The molecule has 0 bridgehead atoms. The van der Waals surface area contributed by atoms with E-state index >= 15 is 0 Å². The van der Waals surface area contributed by atoms with Gasteiger partial charge < -0.3 is 44.0 Å². The molecule has 0 spiro atoms. The van der Waals surface area contributed by atoms with Crippen LogP contribution in [-0.4, -0.2) is 71.3 Å². The molecule has 0 saturated carbocycles. The molecule has 5 amide bonds. The Hall–Kier alpha value is -3.26. The number of nitrogens with two attached hydrogens (primary N) is 4. The summed E-state index contributed by atoms with van der Waals surface area (Å²) in [5.41, 5.74) is 21.6. The van der Waals surface area contributed by atoms with Crippen LogP contribution in [0.4, 0.5) is 0 Å². The van der Waals surface area contributed by atoms with Crippen LogP contribution in [0.25, 0.3) is 0 Å². The summed E-state index contributed by atoms with van der Waals surface area (Å²) in [4.78, 5) is 71.9. The molecular weight excluding hydrogens is 462 g/mol. The van der Waals surface area contributed by atoms with Crippen molar-refractivity contribution in [3.8, 4) is 0 Å². The summed E-state index contributed by atoms with van der Waals surface area (Å²) in [5.74, 6) is -5.33. The number of hydrogen-bond acceptors (Lipinski definition) is 8. The van der Waals surface area contributed by atoms with Crippen LogP contribution in [0.15, 0.2) is 0 Å². The van der Waals surface area contributed by atoms with Crippen molar-refractivity contribution in [1.29, 1.82) is 0 Å². The normalized spacial score (nSPS) is 14.3. The minimum absolute atomic E-state index is 0.143. The van der Waals surface area contributed by atoms with Crippen LogP contribution in [-0.2, 0) is 28.8 Å². The average molecular weight is 502 g/mol. The van der Waals surface area contributed by atoms with Crippen molar-refractivity contribution in [3.63, 3.8) is 0 Å². The molecular formula is C21H39N7O7. The molecule has 12 N–H and O–H groups in total. The van der Waals surface area contributed by atoms with Crippen LogP contribution < -0.4 is 38.9 Å². The summed E-state index contributed by atoms with van der Waals surface area (Å²) in [6.45, 7) is 4.15. The standard InChI is InChI=1S/C21H39N7O7/c1-11(2)9-12(23)18(31)26-13(5-3-4-8-22)19(32)27-14(6-7-16(24)29)20(33)28-15(21(34)35)10-17(25)30/h11-15H,3-10,22-23H2,1-2H3,(H2,24,29)(H2,25,30)(H,26,31)(H,27,32)(H,28,33)(H,34,35). The van der Waals surface area contributed by atoms with Crippen molar-refractivity contribution in [2.24, 2.45) is 28.9 Å². The Kier molecular flexibility index (Phi) is 14.9. The van der Waals surface area contributed by atoms with Crippen molar-refractivity contribution in [2.75, 3.05) is 6.54 Å². The molecule has 0 radical (unpaired) electrons. The van der Waals surface area contributed by atoms with Crippen LogP contribution in [0, 0.1) is 5.92 Å². The lowest BCUT2D eigenvalue weighted by Crippen LogP contribution is -2.57. The maximum absolute atomic E-state index is 13.0. The van der Waals surface area contributed by atoms with E-state index in [9.17, 15) is 33.9 Å². The van der Waals surface area contributed by atoms with Crippen LogP contribution in [0.3, 0.4) is 0 Å². The molecule has 0 aliphatic heterocycles. The fraction of sp³-hybridized carbons (Fsp3) is 0.714. The third-order valence-electron chi connectivity index (χ3n) is 4.97. The van der Waals surface area contributed by atoms with Gasteiger partial charge in [0.15, 0.2) is 0 Å². The number of amides is 5. The van der Waals surface area contributed by atoms with E-state index in [1.807, 2.05) is 13.8 Å². The lowest BCUT2D eigenvalue weighted by atomic mass is 10.0. The van der Waals surface area contributed by atoms with Crippen molar-refractivity contribution in [2.45, 2.75) is 83.0 Å². The zero-order valence-electron chi connectivity index (χ0n) is 20.2. The fourth-order valence-electron chi connectivity index (χ4n) is 3.16. The molecule has 0 aromatic heterocycles. The van der Waals surface area contributed by atoms with Gasteiger partial charge in [0.1, 0.15) is 18.1 Å². The van der Waals surface area contributed by atoms with Crippen molar-refractivity contribution < 1.29 is 33.9 Å². The number of carboxylic acids is 1. The van der Waals surface area contributed by atoms with Gasteiger partial charge in [0.25, 0.3) is 0 Å². The van der Waals surface area contributed by atoms with E-state index < -0.39 is 66.1 Å². The van der Waals surface area contributed by atoms with Gasteiger partial charge in [0.05, 0.1) is 12.5 Å². The van der Waals surface area contributed by atoms with E-state index in [0.29, 0.717) is 25.8 Å². The molecule has 0 rings (SSSR count). The summed E-state index contributed by atoms with van der Waals surface area (Å²) in [6, 6.07) is -4.92. The predicted molar refractivity (Wildman–Crippen MR) is 126 cm³/mol. The number of carbonyl (C=O) groups excluding carboxylic acids is 5. The summed E-state index contributed by atoms with van der Waals surface area (Å²) < 4.78 is 0. The second-order valence-electron chi connectivity index (χ2n) is 8.72. The monoisotopic (exact) mass is 501 g/mol. The van der Waals surface area contributed by atoms with Crippen molar-refractivity contribution in [1.82, 2.24) is 16.0 Å². The number of aliphatic carboxylic acids is 1. The van der Waals surface area contributed by atoms with E-state index in [1.165, 1.54) is 0 Å². The van der Waals surface area contributed by atoms with Crippen LogP contribution >= 0.6 is 0 Å². The van der Waals surface area contributed by atoms with Gasteiger partial charge >= 0.3 is 5.97 Å². The molecule has 0 heterocycles. The molecule has 35 heavy (non-hydrogen) atoms. The molecule has 4 atom stereocenters. The van der Waals surface area contributed by atoms with E-state index in [0.717, 1.165) is 0 Å². The minimum Gasteiger partial charge on any atom is -0.480 e. The highest BCUT2D eigenvalue weighted by Crippen LogP contribution is 2.07. The fourth-order valence-corrected chi connectivity index (χ4v) is 3.16. The molecule has 0 aromatic rings. The topological polar surface area (TPSA) is 263 Å². The van der Waals surface area contributed by atoms with E-state index in [1.54, 1.807) is 0 Å². The highest BCUT2D eigenvalue weighted by Gasteiger charge is 2.31. The lowest BCUT2D eigenvalue weighted by molar-refractivity contribution is -0.144. The summed E-state index contributed by atoms with van der Waals surface area (Å²) in [6.07, 6.45) is 0.448. The Morgan fingerprint density at radius 3 is 1.74 bits per heavy atom. The highest BCUT2D eigenvalue weighted by atomic mass is 16.4. The van der Waals surface area contributed by atoms with Crippen LogP contribution in [0.5, 0.6) is 0 Å². The van der Waals surface area contributed by atoms with Gasteiger partial charge in [-0.3, -0.25) is 24.0 Å². The zero-order valence-corrected chi connectivity index (χ0v) is 20.2. The summed E-state index contributed by atoms with van der Waals surface area (Å²) in [5, 5.41) is 16.3. The van der Waals surface area contributed by atoms with Crippen molar-refractivity contribution in [3.05, 3.63) is 0 Å². The molecule has 14 heteroatoms. The molecule has 4 unspecified atom stereocenters. The molecule has 0 fully saturated rings. The third kappa shape index (κ3) is 13.9. The minimum atomic E-state index is -1.64. The van der Waals surface area contributed by atoms with Gasteiger partial charge in [0.2, 0.25) is 29.5 Å². The van der Waals surface area contributed by atoms with Gasteiger partial charge in [-0.15, -0.1) is 0 Å². The van der Waals surface area contributed by atoms with Crippen LogP contribution in [0.2, 0.25) is 0 Å². The summed E-state index contributed by atoms with van der Waals surface area (Å²) >= 11 is 0. The molecule has 0 aliphatic carbocycles. The van der Waals surface area contributed by atoms with Gasteiger partial charge in [-0.2, -0.15) is 0 Å². The Labute approximate surface area is 204 Å². The second-order valence-corrected chi connectivity index (χ2v) is 8.72. The second kappa shape index (κ2) is 16.4. The Balaban J connectivity index is 5.59. The smallest absolute Gasteiger partial charge is 0.326 e. The molecule has 0 saturated heterocycles. The molecule has 0 aromatic carbocycles. The average Bonchev–Trinajstić information content (AvgIpc) is 2.74. The maximum Gasteiger partial charge on any atom is 0.326 e. The Morgan fingerprint density at radius 2 is 1.29 bits per heavy atom. The maximum atomic E-state index is 13.0. The van der Waals surface area contributed by atoms with Gasteiger partial charge in [0, 0.05) is 6.42 Å². The largest absolute Gasteiger partial charge is 0.480 e. The first kappa shape index (κ1) is 31.7. The molecule has 200 valence electrons. The first-order valence-corrected chi connectivity index (χ1v) is 11.4. The van der Waals surface area contributed by atoms with Gasteiger partial charge in [-0.05, 0) is 44.6 Å². The Bertz CT molecular complexity index is 760. The number of nitrogens with one attached hydrogen (secondary N) is 3. The first-order chi connectivity index (χ1) is 16.3. The van der Waals surface area contributed by atoms with Gasteiger partial charge in [-0.25, -0.2) is 4.79 Å². The Morgan fingerprint density at radius 1 is 0.771 bits per heavy atom. The number of primary amides is 2. The number of rotatable bonds is 18. The lowest BCUT2D eigenvalue weighted by Gasteiger charge is -2.25. The third-order valence-corrected chi connectivity index (χ3v) is 4.97. The number of carbonyl (C=O) groups is 6. The van der Waals surface area contributed by atoms with E-state index in [-0.39, 0.29) is 25.2 Å². The number of carboxylic acid groups (broad SMARTS) is 1. The van der Waals surface area contributed by atoms with Crippen molar-refractivity contribution >= 4 is 35.5 Å². The first-order valence-electron chi connectivity index (χ1n) is 11.4. The van der Waals surface area contributed by atoms with Crippen LogP contribution in [0.1, 0.15) is 58.8 Å². The SMILES string of the molecule is CC(C)CC(N)C(=O)NC(CCCCN)C(=O)NC(CCC(N)=O)C(=O)NC(CC(N)=O)C(=O)O. The van der Waals surface area contributed by atoms with Gasteiger partial charge in [-0.1, -0.05) is 13.8 Å². The molecule has 0 aliphatic rings. The molecule has 14 nitrogen and oxygen atoms in total. The quantitative estimate of drug-likeness (QED) is 0.0898. The van der Waals surface area contributed by atoms with E-state index in [2.05, 4.69) is 16.0 Å². The zero-order chi connectivity index (χ0) is 27.1. The highest BCUT2D eigenvalue weighted by molar-refractivity contribution is 5.95. The van der Waals surface area contributed by atoms with E-state index in [4.69, 9.17) is 22.9 Å². The number of unbranched alkanes of at least 4 members (excludes halogenated alkanes) is 1. The number of hydrogen-bond donors (Lipinski definition) is 8. The predicted octanol–water partition coefficient (Wildman–Crippen LogP) is -2.83.